The Hall–Kier alpha value is -2.81. The number of non-ortho nitro benzene ring substituents is 1. The number of nitro groups is 1. The molecular weight excluding hydrogens is 610 g/mol. The molecule has 2 aliphatic rings. The molecule has 6 nitrogen and oxygen atoms in total. The van der Waals surface area contributed by atoms with Gasteiger partial charge in [-0.2, -0.15) is 5.10 Å². The number of hydrogen-bond donors (Lipinski definition) is 0. The summed E-state index contributed by atoms with van der Waals surface area (Å²) in [6, 6.07) is 19.5. The summed E-state index contributed by atoms with van der Waals surface area (Å²) in [7, 11) is 0. The molecule has 1 amide bonds. The van der Waals surface area contributed by atoms with Gasteiger partial charge < -0.3 is 0 Å². The first kappa shape index (κ1) is 24.9. The minimum absolute atomic E-state index is 0.00282. The number of nitrogens with zero attached hydrogens (tertiary/aromatic N) is 3. The Morgan fingerprint density at radius 3 is 2.39 bits per heavy atom. The highest BCUT2D eigenvalue weighted by atomic mass is 79.9. The highest BCUT2D eigenvalue weighted by molar-refractivity contribution is 9.10. The predicted molar refractivity (Wildman–Crippen MR) is 148 cm³/mol. The van der Waals surface area contributed by atoms with Crippen molar-refractivity contribution in [2.45, 2.75) is 25.3 Å². The fourth-order valence-corrected chi connectivity index (χ4v) is 5.56. The van der Waals surface area contributed by atoms with Gasteiger partial charge in [0.2, 0.25) is 0 Å². The Labute approximate surface area is 230 Å². The second kappa shape index (κ2) is 10.3. The largest absolute Gasteiger partial charge is 0.276 e. The van der Waals surface area contributed by atoms with Crippen LogP contribution in [0.2, 0.25) is 5.02 Å². The number of fused-ring (bicyclic) bond motifs is 1. The van der Waals surface area contributed by atoms with Crippen molar-refractivity contribution in [1.82, 2.24) is 5.01 Å². The number of nitro benzene ring substituents is 1. The Bertz CT molecular complexity index is 1400. The van der Waals surface area contributed by atoms with Crippen LogP contribution < -0.4 is 0 Å². The fraction of sp³-hybridized carbons (Fsp3) is 0.185. The number of rotatable bonds is 4. The average molecular weight is 630 g/mol. The van der Waals surface area contributed by atoms with E-state index in [9.17, 15) is 14.9 Å². The molecule has 3 aromatic carbocycles. The maximum atomic E-state index is 13.8. The smallest absolute Gasteiger partial charge is 0.267 e. The Kier molecular flexibility index (Phi) is 7.10. The molecule has 3 aromatic rings. The second-order valence-corrected chi connectivity index (χ2v) is 11.0. The van der Waals surface area contributed by atoms with Gasteiger partial charge in [0.15, 0.2) is 0 Å². The zero-order valence-corrected chi connectivity index (χ0v) is 22.8. The second-order valence-electron chi connectivity index (χ2n) is 8.77. The van der Waals surface area contributed by atoms with Gasteiger partial charge in [-0.15, -0.1) is 0 Å². The molecule has 0 saturated heterocycles. The number of carbonyl (C=O) groups excluding carboxylic acids is 1. The SMILES string of the molecule is O=C(c1cc([N+](=O)[O-])ccc1Cl)N1N=C2/C(=C/c3ccc(Br)cc3)CCC[C@@H]2[C@H]1c1ccc(Br)cc1. The Morgan fingerprint density at radius 1 is 1.06 bits per heavy atom. The molecule has 0 unspecified atom stereocenters. The van der Waals surface area contributed by atoms with Gasteiger partial charge in [0, 0.05) is 27.0 Å². The molecule has 182 valence electrons. The van der Waals surface area contributed by atoms with Gasteiger partial charge in [-0.1, -0.05) is 67.7 Å². The maximum Gasteiger partial charge on any atom is 0.276 e. The zero-order valence-electron chi connectivity index (χ0n) is 18.9. The van der Waals surface area contributed by atoms with Crippen LogP contribution in [-0.4, -0.2) is 21.6 Å². The van der Waals surface area contributed by atoms with Gasteiger partial charge in [0.25, 0.3) is 11.6 Å². The van der Waals surface area contributed by atoms with E-state index >= 15 is 0 Å². The number of hydrazone groups is 1. The molecule has 5 rings (SSSR count). The maximum absolute atomic E-state index is 13.8. The van der Waals surface area contributed by atoms with E-state index in [2.05, 4.69) is 37.9 Å². The molecule has 2 atom stereocenters. The van der Waals surface area contributed by atoms with Crippen LogP contribution in [0.4, 0.5) is 5.69 Å². The fourth-order valence-electron chi connectivity index (χ4n) is 4.84. The third-order valence-corrected chi connectivity index (χ3v) is 7.91. The Morgan fingerprint density at radius 2 is 1.72 bits per heavy atom. The van der Waals surface area contributed by atoms with Gasteiger partial charge in [0.1, 0.15) is 0 Å². The molecule has 9 heteroatoms. The van der Waals surface area contributed by atoms with E-state index in [1.54, 1.807) is 0 Å². The average Bonchev–Trinajstić information content (AvgIpc) is 3.26. The van der Waals surface area contributed by atoms with Crippen molar-refractivity contribution in [3.63, 3.8) is 0 Å². The molecule has 36 heavy (non-hydrogen) atoms. The zero-order chi connectivity index (χ0) is 25.4. The number of benzene rings is 3. The van der Waals surface area contributed by atoms with Crippen molar-refractivity contribution in [3.05, 3.63) is 113 Å². The van der Waals surface area contributed by atoms with E-state index in [0.29, 0.717) is 0 Å². The molecular formula is C27H20Br2ClN3O3. The first-order chi connectivity index (χ1) is 17.3. The van der Waals surface area contributed by atoms with Crippen LogP contribution in [-0.2, 0) is 0 Å². The number of allylic oxidation sites excluding steroid dienone is 1. The van der Waals surface area contributed by atoms with E-state index in [0.717, 1.165) is 50.6 Å². The quantitative estimate of drug-likeness (QED) is 0.216. The molecule has 1 aliphatic heterocycles. The topological polar surface area (TPSA) is 75.8 Å². The number of halogens is 3. The lowest BCUT2D eigenvalue weighted by molar-refractivity contribution is -0.384. The van der Waals surface area contributed by atoms with Crippen LogP contribution in [0.25, 0.3) is 6.08 Å². The first-order valence-corrected chi connectivity index (χ1v) is 13.4. The molecule has 0 aromatic heterocycles. The van der Waals surface area contributed by atoms with Gasteiger partial charge in [0.05, 0.1) is 27.3 Å². The summed E-state index contributed by atoms with van der Waals surface area (Å²) in [5, 5.41) is 17.8. The van der Waals surface area contributed by atoms with E-state index in [1.165, 1.54) is 23.2 Å². The van der Waals surface area contributed by atoms with E-state index in [1.807, 2.05) is 48.5 Å². The van der Waals surface area contributed by atoms with Crippen LogP contribution >= 0.6 is 43.5 Å². The molecule has 1 heterocycles. The third kappa shape index (κ3) is 4.90. The van der Waals surface area contributed by atoms with Crippen LogP contribution in [0.1, 0.15) is 46.8 Å². The standard InChI is InChI=1S/C27H20Br2ClN3O3/c28-19-8-4-16(5-9-19)14-18-2-1-3-22-25(18)31-32(26(22)17-6-10-20(29)11-7-17)27(34)23-15-21(33(35)36)12-13-24(23)30/h4-15,22,26H,1-3H2/b18-14+/t22-,26+/m0/s1. The van der Waals surface area contributed by atoms with E-state index in [-0.39, 0.29) is 28.2 Å². The summed E-state index contributed by atoms with van der Waals surface area (Å²) in [6.45, 7) is 0. The van der Waals surface area contributed by atoms with Crippen molar-refractivity contribution in [3.8, 4) is 0 Å². The lowest BCUT2D eigenvalue weighted by Crippen LogP contribution is -2.32. The monoisotopic (exact) mass is 627 g/mol. The van der Waals surface area contributed by atoms with Crippen LogP contribution in [0.3, 0.4) is 0 Å². The number of amides is 1. The Balaban J connectivity index is 1.60. The van der Waals surface area contributed by atoms with Gasteiger partial charge in [-0.05, 0) is 72.4 Å². The van der Waals surface area contributed by atoms with Gasteiger partial charge in [-0.3, -0.25) is 14.9 Å². The summed E-state index contributed by atoms with van der Waals surface area (Å²) < 4.78 is 1.94. The van der Waals surface area contributed by atoms with Crippen LogP contribution in [0, 0.1) is 16.0 Å². The van der Waals surface area contributed by atoms with Crippen molar-refractivity contribution < 1.29 is 9.72 Å². The van der Waals surface area contributed by atoms with Crippen molar-refractivity contribution in [2.75, 3.05) is 0 Å². The van der Waals surface area contributed by atoms with Gasteiger partial charge in [-0.25, -0.2) is 5.01 Å². The molecule has 1 saturated carbocycles. The number of hydrogen-bond acceptors (Lipinski definition) is 4. The summed E-state index contributed by atoms with van der Waals surface area (Å²) >= 11 is 13.3. The van der Waals surface area contributed by atoms with Crippen LogP contribution in [0.5, 0.6) is 0 Å². The van der Waals surface area contributed by atoms with Crippen LogP contribution in [0.15, 0.2) is 86.3 Å². The minimum atomic E-state index is -0.534. The molecule has 0 N–H and O–H groups in total. The normalized spacial score (nSPS) is 20.2. The van der Waals surface area contributed by atoms with Crippen molar-refractivity contribution in [1.29, 1.82) is 0 Å². The van der Waals surface area contributed by atoms with Crippen molar-refractivity contribution >= 4 is 66.8 Å². The lowest BCUT2D eigenvalue weighted by atomic mass is 9.77. The highest BCUT2D eigenvalue weighted by Gasteiger charge is 2.44. The van der Waals surface area contributed by atoms with E-state index in [4.69, 9.17) is 16.7 Å². The molecule has 0 bridgehead atoms. The third-order valence-electron chi connectivity index (χ3n) is 6.52. The van der Waals surface area contributed by atoms with Crippen molar-refractivity contribution in [2.24, 2.45) is 11.0 Å². The van der Waals surface area contributed by atoms with E-state index < -0.39 is 10.8 Å². The summed E-state index contributed by atoms with van der Waals surface area (Å²) in [6.07, 6.45) is 4.84. The molecule has 1 fully saturated rings. The predicted octanol–water partition coefficient (Wildman–Crippen LogP) is 8.21. The highest BCUT2D eigenvalue weighted by Crippen LogP contribution is 2.45. The number of carbonyl (C=O) groups is 1. The molecule has 1 aliphatic carbocycles. The lowest BCUT2D eigenvalue weighted by Gasteiger charge is -2.29. The summed E-state index contributed by atoms with van der Waals surface area (Å²) in [5.74, 6) is -0.454. The molecule has 0 radical (unpaired) electrons. The summed E-state index contributed by atoms with van der Waals surface area (Å²) in [4.78, 5) is 24.6. The first-order valence-electron chi connectivity index (χ1n) is 11.4. The van der Waals surface area contributed by atoms with Gasteiger partial charge >= 0.3 is 0 Å². The minimum Gasteiger partial charge on any atom is -0.267 e. The molecule has 0 spiro atoms. The summed E-state index contributed by atoms with van der Waals surface area (Å²) in [5.41, 5.74) is 3.85.